The van der Waals surface area contributed by atoms with Gasteiger partial charge in [0.1, 0.15) is 5.75 Å². The number of esters is 1. The molecule has 1 N–H and O–H groups in total. The molecule has 6 nitrogen and oxygen atoms in total. The van der Waals surface area contributed by atoms with Crippen LogP contribution in [0.3, 0.4) is 0 Å². The third-order valence-corrected chi connectivity index (χ3v) is 3.32. The first-order valence-corrected chi connectivity index (χ1v) is 7.86. The lowest BCUT2D eigenvalue weighted by molar-refractivity contribution is -0.143. The van der Waals surface area contributed by atoms with Crippen molar-refractivity contribution < 1.29 is 23.5 Å². The summed E-state index contributed by atoms with van der Waals surface area (Å²) in [6, 6.07) is 9.92. The summed E-state index contributed by atoms with van der Waals surface area (Å²) in [5.74, 6) is 0.155. The molecular weight excluding hydrogens is 310 g/mol. The van der Waals surface area contributed by atoms with Crippen molar-refractivity contribution >= 4 is 11.9 Å². The fourth-order valence-corrected chi connectivity index (χ4v) is 2.24. The summed E-state index contributed by atoms with van der Waals surface area (Å²) in [4.78, 5) is 24.1. The monoisotopic (exact) mass is 331 g/mol. The van der Waals surface area contributed by atoms with Crippen LogP contribution >= 0.6 is 0 Å². The molecule has 0 saturated heterocycles. The van der Waals surface area contributed by atoms with Gasteiger partial charge in [-0.1, -0.05) is 12.1 Å². The zero-order chi connectivity index (χ0) is 17.4. The predicted octanol–water partition coefficient (Wildman–Crippen LogP) is 3.10. The Kier molecular flexibility index (Phi) is 6.42. The highest BCUT2D eigenvalue weighted by atomic mass is 16.5. The van der Waals surface area contributed by atoms with Crippen LogP contribution in [0.2, 0.25) is 0 Å². The molecule has 1 aromatic heterocycles. The smallest absolute Gasteiger partial charge is 0.308 e. The molecule has 128 valence electrons. The zero-order valence-corrected chi connectivity index (χ0v) is 13.8. The maximum atomic E-state index is 12.2. The maximum Gasteiger partial charge on any atom is 0.308 e. The van der Waals surface area contributed by atoms with Gasteiger partial charge in [-0.15, -0.1) is 0 Å². The number of nitrogens with one attached hydrogen (secondary N) is 1. The lowest BCUT2D eigenvalue weighted by atomic mass is 10.0. The number of hydrogen-bond acceptors (Lipinski definition) is 5. The minimum Gasteiger partial charge on any atom is -0.494 e. The quantitative estimate of drug-likeness (QED) is 0.752. The van der Waals surface area contributed by atoms with E-state index in [9.17, 15) is 9.59 Å². The molecule has 1 amide bonds. The van der Waals surface area contributed by atoms with Crippen molar-refractivity contribution in [3.8, 4) is 5.75 Å². The van der Waals surface area contributed by atoms with Gasteiger partial charge >= 0.3 is 5.97 Å². The summed E-state index contributed by atoms with van der Waals surface area (Å²) in [6.45, 7) is 4.51. The van der Waals surface area contributed by atoms with Crippen molar-refractivity contribution in [3.63, 3.8) is 0 Å². The first-order valence-electron chi connectivity index (χ1n) is 7.86. The van der Waals surface area contributed by atoms with E-state index >= 15 is 0 Å². The lowest BCUT2D eigenvalue weighted by Crippen LogP contribution is -2.30. The van der Waals surface area contributed by atoms with Crippen molar-refractivity contribution in [3.05, 3.63) is 54.0 Å². The second-order valence-corrected chi connectivity index (χ2v) is 5.01. The van der Waals surface area contributed by atoms with Gasteiger partial charge in [0.05, 0.1) is 31.9 Å². The predicted molar refractivity (Wildman–Crippen MR) is 87.8 cm³/mol. The second-order valence-electron chi connectivity index (χ2n) is 5.01. The van der Waals surface area contributed by atoms with Gasteiger partial charge in [0.25, 0.3) is 5.91 Å². The van der Waals surface area contributed by atoms with Gasteiger partial charge in [-0.2, -0.15) is 0 Å². The summed E-state index contributed by atoms with van der Waals surface area (Å²) >= 11 is 0. The Bertz CT molecular complexity index is 649. The molecule has 0 aliphatic carbocycles. The standard InChI is InChI=1S/C18H21NO5/c1-3-22-14-9-7-13(8-10-14)15(12-17(20)23-4-2)19-18(21)16-6-5-11-24-16/h5-11,15H,3-4,12H2,1-2H3,(H,19,21)/t15-/m0/s1. The van der Waals surface area contributed by atoms with Crippen LogP contribution in [0, 0.1) is 0 Å². The largest absolute Gasteiger partial charge is 0.494 e. The fraction of sp³-hybridized carbons (Fsp3) is 0.333. The zero-order valence-electron chi connectivity index (χ0n) is 13.8. The molecule has 0 spiro atoms. The van der Waals surface area contributed by atoms with Gasteiger partial charge in [-0.3, -0.25) is 9.59 Å². The Morgan fingerprint density at radius 3 is 2.46 bits per heavy atom. The summed E-state index contributed by atoms with van der Waals surface area (Å²) in [6.07, 6.45) is 1.46. The Morgan fingerprint density at radius 2 is 1.88 bits per heavy atom. The minimum atomic E-state index is -0.516. The molecule has 0 radical (unpaired) electrons. The number of amides is 1. The van der Waals surface area contributed by atoms with Crippen LogP contribution in [-0.2, 0) is 9.53 Å². The van der Waals surface area contributed by atoms with E-state index in [1.165, 1.54) is 6.26 Å². The Morgan fingerprint density at radius 1 is 1.12 bits per heavy atom. The second kappa shape index (κ2) is 8.76. The van der Waals surface area contributed by atoms with Crippen molar-refractivity contribution in [2.75, 3.05) is 13.2 Å². The molecule has 2 aromatic rings. The Balaban J connectivity index is 2.15. The van der Waals surface area contributed by atoms with E-state index in [1.807, 2.05) is 19.1 Å². The molecule has 6 heteroatoms. The summed E-state index contributed by atoms with van der Waals surface area (Å²) < 4.78 is 15.5. The number of ether oxygens (including phenoxy) is 2. The Hall–Kier alpha value is -2.76. The molecule has 0 bridgehead atoms. The van der Waals surface area contributed by atoms with E-state index in [1.54, 1.807) is 31.2 Å². The highest BCUT2D eigenvalue weighted by molar-refractivity contribution is 5.92. The fourth-order valence-electron chi connectivity index (χ4n) is 2.24. The molecule has 0 unspecified atom stereocenters. The van der Waals surface area contributed by atoms with Crippen LogP contribution < -0.4 is 10.1 Å². The lowest BCUT2D eigenvalue weighted by Gasteiger charge is -2.18. The minimum absolute atomic E-state index is 0.0360. The summed E-state index contributed by atoms with van der Waals surface area (Å²) in [5.41, 5.74) is 0.784. The number of furan rings is 1. The maximum absolute atomic E-state index is 12.2. The Labute approximate surface area is 140 Å². The topological polar surface area (TPSA) is 77.8 Å². The molecule has 1 atom stereocenters. The van der Waals surface area contributed by atoms with E-state index in [0.717, 1.165) is 11.3 Å². The van der Waals surface area contributed by atoms with Crippen molar-refractivity contribution in [2.24, 2.45) is 0 Å². The molecule has 2 rings (SSSR count). The van der Waals surface area contributed by atoms with Gasteiger partial charge in [0.2, 0.25) is 0 Å². The molecule has 1 aromatic carbocycles. The van der Waals surface area contributed by atoms with E-state index in [2.05, 4.69) is 5.32 Å². The van der Waals surface area contributed by atoms with Gasteiger partial charge < -0.3 is 19.2 Å². The number of hydrogen-bond donors (Lipinski definition) is 1. The molecule has 1 heterocycles. The third kappa shape index (κ3) is 4.87. The molecule has 24 heavy (non-hydrogen) atoms. The van der Waals surface area contributed by atoms with Crippen LogP contribution in [0.4, 0.5) is 0 Å². The average Bonchev–Trinajstić information content (AvgIpc) is 3.10. The first-order chi connectivity index (χ1) is 11.6. The molecule has 0 fully saturated rings. The molecule has 0 saturated carbocycles. The van der Waals surface area contributed by atoms with Crippen molar-refractivity contribution in [1.82, 2.24) is 5.32 Å². The third-order valence-electron chi connectivity index (χ3n) is 3.32. The van der Waals surface area contributed by atoms with E-state index in [-0.39, 0.29) is 24.1 Å². The van der Waals surface area contributed by atoms with E-state index in [0.29, 0.717) is 13.2 Å². The van der Waals surface area contributed by atoms with Gasteiger partial charge in [-0.05, 0) is 43.7 Å². The molecule has 0 aliphatic heterocycles. The van der Waals surface area contributed by atoms with Crippen molar-refractivity contribution in [2.45, 2.75) is 26.3 Å². The van der Waals surface area contributed by atoms with Crippen LogP contribution in [0.25, 0.3) is 0 Å². The van der Waals surface area contributed by atoms with Crippen molar-refractivity contribution in [1.29, 1.82) is 0 Å². The van der Waals surface area contributed by atoms with Crippen LogP contribution in [0.1, 0.15) is 42.4 Å². The van der Waals surface area contributed by atoms with Gasteiger partial charge in [0, 0.05) is 0 Å². The van der Waals surface area contributed by atoms with E-state index in [4.69, 9.17) is 13.9 Å². The normalized spacial score (nSPS) is 11.6. The van der Waals surface area contributed by atoms with Crippen LogP contribution in [0.15, 0.2) is 47.1 Å². The van der Waals surface area contributed by atoms with Crippen LogP contribution in [0.5, 0.6) is 5.75 Å². The number of carbonyl (C=O) groups is 2. The van der Waals surface area contributed by atoms with E-state index < -0.39 is 6.04 Å². The number of rotatable bonds is 8. The summed E-state index contributed by atoms with van der Waals surface area (Å²) in [7, 11) is 0. The highest BCUT2D eigenvalue weighted by Gasteiger charge is 2.21. The number of carbonyl (C=O) groups excluding carboxylic acids is 2. The van der Waals surface area contributed by atoms with Gasteiger partial charge in [0.15, 0.2) is 5.76 Å². The first kappa shape index (κ1) is 17.6. The SMILES string of the molecule is CCOC(=O)C[C@H](NC(=O)c1ccco1)c1ccc(OCC)cc1. The summed E-state index contributed by atoms with van der Waals surface area (Å²) in [5, 5.41) is 2.80. The van der Waals surface area contributed by atoms with Gasteiger partial charge in [-0.25, -0.2) is 0 Å². The highest BCUT2D eigenvalue weighted by Crippen LogP contribution is 2.22. The average molecular weight is 331 g/mol. The van der Waals surface area contributed by atoms with Crippen LogP contribution in [-0.4, -0.2) is 25.1 Å². The molecule has 0 aliphatic rings. The number of benzene rings is 1. The molecular formula is C18H21NO5.